The van der Waals surface area contributed by atoms with E-state index in [1.165, 1.54) is 6.92 Å². The van der Waals surface area contributed by atoms with Gasteiger partial charge in [-0.1, -0.05) is 78.9 Å². The minimum absolute atomic E-state index is 0.156. The molecule has 0 heterocycles. The van der Waals surface area contributed by atoms with Gasteiger partial charge in [-0.3, -0.25) is 9.59 Å². The standard InChI is InChI=1S/C26H25NO4/c1-19(28)24(17-21-12-6-3-7-13-21)27-25(29)18-31-26(30)23-15-9-8-14-22(23)16-20-10-4-2-5-11-20/h2-15,24H,16-18H2,1H3,(H,27,29). The number of amides is 1. The fourth-order valence-corrected chi connectivity index (χ4v) is 3.28. The number of benzene rings is 3. The Hall–Kier alpha value is -3.73. The second kappa shape index (κ2) is 10.9. The molecule has 31 heavy (non-hydrogen) atoms. The van der Waals surface area contributed by atoms with E-state index in [9.17, 15) is 14.4 Å². The smallest absolute Gasteiger partial charge is 0.338 e. The predicted molar refractivity (Wildman–Crippen MR) is 119 cm³/mol. The molecule has 3 aromatic rings. The first-order chi connectivity index (χ1) is 15.0. The van der Waals surface area contributed by atoms with Crippen molar-refractivity contribution in [2.75, 3.05) is 6.61 Å². The van der Waals surface area contributed by atoms with E-state index in [0.717, 1.165) is 16.7 Å². The number of ketones is 1. The number of carbonyl (C=O) groups excluding carboxylic acids is 3. The normalized spacial score (nSPS) is 11.4. The van der Waals surface area contributed by atoms with Gasteiger partial charge in [-0.25, -0.2) is 4.79 Å². The molecule has 0 radical (unpaired) electrons. The lowest BCUT2D eigenvalue weighted by Crippen LogP contribution is -2.43. The van der Waals surface area contributed by atoms with Crippen molar-refractivity contribution in [2.45, 2.75) is 25.8 Å². The van der Waals surface area contributed by atoms with Gasteiger partial charge in [-0.05, 0) is 42.5 Å². The van der Waals surface area contributed by atoms with Crippen LogP contribution in [0.5, 0.6) is 0 Å². The summed E-state index contributed by atoms with van der Waals surface area (Å²) in [7, 11) is 0. The summed E-state index contributed by atoms with van der Waals surface area (Å²) in [4.78, 5) is 36.9. The van der Waals surface area contributed by atoms with E-state index in [4.69, 9.17) is 4.74 Å². The number of Topliss-reactive ketones (excluding diaryl/α,β-unsaturated/α-hetero) is 1. The van der Waals surface area contributed by atoms with Gasteiger partial charge in [0.15, 0.2) is 12.4 Å². The summed E-state index contributed by atoms with van der Waals surface area (Å²) in [6.07, 6.45) is 0.970. The third-order valence-corrected chi connectivity index (χ3v) is 4.92. The maximum Gasteiger partial charge on any atom is 0.338 e. The van der Waals surface area contributed by atoms with Crippen LogP contribution in [0.2, 0.25) is 0 Å². The van der Waals surface area contributed by atoms with Crippen molar-refractivity contribution >= 4 is 17.7 Å². The average Bonchev–Trinajstić information content (AvgIpc) is 2.79. The van der Waals surface area contributed by atoms with Gasteiger partial charge in [0.05, 0.1) is 11.6 Å². The molecule has 1 atom stereocenters. The summed E-state index contributed by atoms with van der Waals surface area (Å²) in [5.41, 5.74) is 3.26. The van der Waals surface area contributed by atoms with E-state index in [-0.39, 0.29) is 5.78 Å². The molecule has 0 aliphatic rings. The highest BCUT2D eigenvalue weighted by molar-refractivity contribution is 5.93. The van der Waals surface area contributed by atoms with Crippen molar-refractivity contribution in [2.24, 2.45) is 0 Å². The van der Waals surface area contributed by atoms with Crippen molar-refractivity contribution < 1.29 is 19.1 Å². The predicted octanol–water partition coefficient (Wildman–Crippen LogP) is 3.75. The largest absolute Gasteiger partial charge is 0.452 e. The molecule has 0 aliphatic carbocycles. The van der Waals surface area contributed by atoms with Crippen LogP contribution in [-0.4, -0.2) is 30.3 Å². The molecule has 1 amide bonds. The first kappa shape index (κ1) is 22.0. The Bertz CT molecular complexity index is 1030. The summed E-state index contributed by atoms with van der Waals surface area (Å²) in [5.74, 6) is -1.23. The summed E-state index contributed by atoms with van der Waals surface area (Å²) in [6.45, 7) is 0.983. The maximum atomic E-state index is 12.6. The summed E-state index contributed by atoms with van der Waals surface area (Å²) < 4.78 is 5.24. The van der Waals surface area contributed by atoms with Crippen LogP contribution in [0.15, 0.2) is 84.9 Å². The lowest BCUT2D eigenvalue weighted by Gasteiger charge is -2.16. The lowest BCUT2D eigenvalue weighted by molar-refractivity contribution is -0.128. The SMILES string of the molecule is CC(=O)C(Cc1ccccc1)NC(=O)COC(=O)c1ccccc1Cc1ccccc1. The number of hydrogen-bond acceptors (Lipinski definition) is 4. The van der Waals surface area contributed by atoms with Crippen molar-refractivity contribution in [3.63, 3.8) is 0 Å². The molecule has 0 saturated carbocycles. The van der Waals surface area contributed by atoms with Gasteiger partial charge in [-0.15, -0.1) is 0 Å². The molecule has 158 valence electrons. The van der Waals surface area contributed by atoms with E-state index < -0.39 is 24.5 Å². The first-order valence-electron chi connectivity index (χ1n) is 10.2. The summed E-state index contributed by atoms with van der Waals surface area (Å²) >= 11 is 0. The number of carbonyl (C=O) groups is 3. The number of ether oxygens (including phenoxy) is 1. The van der Waals surface area contributed by atoms with Gasteiger partial charge < -0.3 is 10.1 Å². The van der Waals surface area contributed by atoms with E-state index in [1.54, 1.807) is 12.1 Å². The molecular weight excluding hydrogens is 390 g/mol. The summed E-state index contributed by atoms with van der Waals surface area (Å²) in [5, 5.41) is 2.66. The Labute approximate surface area is 182 Å². The minimum Gasteiger partial charge on any atom is -0.452 e. The fourth-order valence-electron chi connectivity index (χ4n) is 3.28. The van der Waals surface area contributed by atoms with Gasteiger partial charge in [-0.2, -0.15) is 0 Å². The van der Waals surface area contributed by atoms with Crippen molar-refractivity contribution in [1.82, 2.24) is 5.32 Å². The van der Waals surface area contributed by atoms with Gasteiger partial charge >= 0.3 is 5.97 Å². The van der Waals surface area contributed by atoms with Crippen LogP contribution in [0.4, 0.5) is 0 Å². The van der Waals surface area contributed by atoms with Crippen molar-refractivity contribution in [1.29, 1.82) is 0 Å². The van der Waals surface area contributed by atoms with Crippen molar-refractivity contribution in [3.8, 4) is 0 Å². The zero-order valence-electron chi connectivity index (χ0n) is 17.4. The molecule has 0 saturated heterocycles. The molecule has 0 aromatic heterocycles. The Morgan fingerprint density at radius 1 is 0.806 bits per heavy atom. The Balaban J connectivity index is 1.58. The van der Waals surface area contributed by atoms with Gasteiger partial charge in [0.25, 0.3) is 5.91 Å². The van der Waals surface area contributed by atoms with Crippen LogP contribution in [0.3, 0.4) is 0 Å². The monoisotopic (exact) mass is 415 g/mol. The molecule has 3 aromatic carbocycles. The molecule has 0 aliphatic heterocycles. The molecule has 0 spiro atoms. The highest BCUT2D eigenvalue weighted by Crippen LogP contribution is 2.15. The Morgan fingerprint density at radius 2 is 1.39 bits per heavy atom. The van der Waals surface area contributed by atoms with E-state index in [0.29, 0.717) is 18.4 Å². The molecule has 5 nitrogen and oxygen atoms in total. The molecule has 0 bridgehead atoms. The number of hydrogen-bond donors (Lipinski definition) is 1. The molecule has 3 rings (SSSR count). The van der Waals surface area contributed by atoms with Gasteiger partial charge in [0.1, 0.15) is 0 Å². The minimum atomic E-state index is -0.668. The van der Waals surface area contributed by atoms with Crippen LogP contribution >= 0.6 is 0 Å². The van der Waals surface area contributed by atoms with E-state index in [2.05, 4.69) is 5.32 Å². The average molecular weight is 415 g/mol. The fraction of sp³-hybridized carbons (Fsp3) is 0.192. The van der Waals surface area contributed by atoms with Crippen LogP contribution < -0.4 is 5.32 Å². The van der Waals surface area contributed by atoms with E-state index >= 15 is 0 Å². The quantitative estimate of drug-likeness (QED) is 0.540. The second-order valence-corrected chi connectivity index (χ2v) is 7.32. The Kier molecular flexibility index (Phi) is 7.71. The highest BCUT2D eigenvalue weighted by Gasteiger charge is 2.19. The number of rotatable bonds is 9. The Morgan fingerprint density at radius 3 is 2.03 bits per heavy atom. The molecule has 5 heteroatoms. The molecule has 1 unspecified atom stereocenters. The topological polar surface area (TPSA) is 72.5 Å². The molecular formula is C26H25NO4. The molecule has 0 fully saturated rings. The van der Waals surface area contributed by atoms with Crippen LogP contribution in [0.25, 0.3) is 0 Å². The third kappa shape index (κ3) is 6.64. The van der Waals surface area contributed by atoms with Crippen LogP contribution in [-0.2, 0) is 27.2 Å². The van der Waals surface area contributed by atoms with Crippen LogP contribution in [0, 0.1) is 0 Å². The zero-order valence-corrected chi connectivity index (χ0v) is 17.4. The number of nitrogens with one attached hydrogen (secondary N) is 1. The maximum absolute atomic E-state index is 12.6. The lowest BCUT2D eigenvalue weighted by atomic mass is 10.00. The van der Waals surface area contributed by atoms with Gasteiger partial charge in [0.2, 0.25) is 0 Å². The van der Waals surface area contributed by atoms with Crippen molar-refractivity contribution in [3.05, 3.63) is 107 Å². The third-order valence-electron chi connectivity index (χ3n) is 4.92. The second-order valence-electron chi connectivity index (χ2n) is 7.32. The van der Waals surface area contributed by atoms with E-state index in [1.807, 2.05) is 72.8 Å². The molecule has 1 N–H and O–H groups in total. The highest BCUT2D eigenvalue weighted by atomic mass is 16.5. The first-order valence-corrected chi connectivity index (χ1v) is 10.2. The number of esters is 1. The van der Waals surface area contributed by atoms with Gasteiger partial charge in [0, 0.05) is 0 Å². The zero-order chi connectivity index (χ0) is 22.1. The van der Waals surface area contributed by atoms with Crippen LogP contribution in [0.1, 0.15) is 34.0 Å². The summed E-state index contributed by atoms with van der Waals surface area (Å²) in [6, 6.07) is 25.8.